The third kappa shape index (κ3) is 1.82. The van der Waals surface area contributed by atoms with Crippen molar-refractivity contribution in [3.05, 3.63) is 66.0 Å². The number of nitrogens with one attached hydrogen (secondary N) is 1. The number of aromatic nitrogens is 2. The molecule has 21 heavy (non-hydrogen) atoms. The lowest BCUT2D eigenvalue weighted by atomic mass is 10.0. The number of imidazole rings is 1. The molecular weight excluding hydrogens is 263 g/mol. The molecule has 0 radical (unpaired) electrons. The zero-order valence-electron chi connectivity index (χ0n) is 11.5. The average Bonchev–Trinajstić information content (AvgIpc) is 2.93. The molecule has 102 valence electrons. The molecule has 0 saturated carbocycles. The average molecular weight is 276 g/mol. The summed E-state index contributed by atoms with van der Waals surface area (Å²) >= 11 is 0. The molecule has 0 unspecified atom stereocenters. The lowest BCUT2D eigenvalue weighted by molar-refractivity contribution is 0.640. The largest absolute Gasteiger partial charge is 0.338 e. The highest BCUT2D eigenvalue weighted by Gasteiger charge is 2.11. The Morgan fingerprint density at radius 3 is 2.52 bits per heavy atom. The van der Waals surface area contributed by atoms with Crippen LogP contribution < -0.4 is 0 Å². The fourth-order valence-electron chi connectivity index (χ4n) is 2.77. The SMILES string of the molecule is Cc1cccc2[nH]c(-c3ccc(F)c4ccccc34)nc12. The minimum Gasteiger partial charge on any atom is -0.338 e. The van der Waals surface area contributed by atoms with Crippen LogP contribution in [0.1, 0.15) is 5.56 Å². The molecule has 4 aromatic rings. The van der Waals surface area contributed by atoms with Crippen LogP contribution in [0.5, 0.6) is 0 Å². The Morgan fingerprint density at radius 1 is 0.905 bits per heavy atom. The minimum absolute atomic E-state index is 0.207. The number of H-pyrrole nitrogens is 1. The summed E-state index contributed by atoms with van der Waals surface area (Å²) in [5.74, 6) is 0.567. The Bertz CT molecular complexity index is 969. The summed E-state index contributed by atoms with van der Waals surface area (Å²) in [5.41, 5.74) is 4.00. The fourth-order valence-corrected chi connectivity index (χ4v) is 2.77. The van der Waals surface area contributed by atoms with Gasteiger partial charge in [0.15, 0.2) is 0 Å². The number of hydrogen-bond acceptors (Lipinski definition) is 1. The Hall–Kier alpha value is -2.68. The van der Waals surface area contributed by atoms with Crippen LogP contribution in [0.3, 0.4) is 0 Å². The van der Waals surface area contributed by atoms with Gasteiger partial charge in [-0.15, -0.1) is 0 Å². The van der Waals surface area contributed by atoms with Crippen LogP contribution >= 0.6 is 0 Å². The van der Waals surface area contributed by atoms with Crippen LogP contribution in [0.25, 0.3) is 33.2 Å². The highest BCUT2D eigenvalue weighted by molar-refractivity contribution is 5.97. The smallest absolute Gasteiger partial charge is 0.139 e. The number of para-hydroxylation sites is 1. The Labute approximate surface area is 121 Å². The van der Waals surface area contributed by atoms with Crippen molar-refractivity contribution in [1.29, 1.82) is 0 Å². The summed E-state index contributed by atoms with van der Waals surface area (Å²) in [6, 6.07) is 16.8. The highest BCUT2D eigenvalue weighted by Crippen LogP contribution is 2.30. The molecule has 2 nitrogen and oxygen atoms in total. The molecule has 0 aliphatic carbocycles. The van der Waals surface area contributed by atoms with Crippen LogP contribution in [0.2, 0.25) is 0 Å². The molecule has 0 amide bonds. The van der Waals surface area contributed by atoms with Gasteiger partial charge in [-0.05, 0) is 36.1 Å². The van der Waals surface area contributed by atoms with E-state index in [1.165, 1.54) is 6.07 Å². The van der Waals surface area contributed by atoms with Crippen molar-refractivity contribution in [3.63, 3.8) is 0 Å². The number of nitrogens with zero attached hydrogens (tertiary/aromatic N) is 1. The maximum Gasteiger partial charge on any atom is 0.139 e. The second-order valence-corrected chi connectivity index (χ2v) is 5.20. The van der Waals surface area contributed by atoms with Gasteiger partial charge in [0.1, 0.15) is 11.6 Å². The predicted molar refractivity (Wildman–Crippen MR) is 83.7 cm³/mol. The molecule has 3 heteroatoms. The quantitative estimate of drug-likeness (QED) is 0.530. The summed E-state index contributed by atoms with van der Waals surface area (Å²) in [5, 5.41) is 1.49. The van der Waals surface area contributed by atoms with Crippen molar-refractivity contribution < 1.29 is 4.39 Å². The van der Waals surface area contributed by atoms with E-state index < -0.39 is 0 Å². The lowest BCUT2D eigenvalue weighted by Gasteiger charge is -2.04. The van der Waals surface area contributed by atoms with Crippen molar-refractivity contribution in [2.24, 2.45) is 0 Å². The molecule has 0 atom stereocenters. The van der Waals surface area contributed by atoms with Crippen LogP contribution in [0, 0.1) is 12.7 Å². The number of fused-ring (bicyclic) bond motifs is 2. The van der Waals surface area contributed by atoms with Gasteiger partial charge in [0.05, 0.1) is 11.0 Å². The molecule has 0 aliphatic heterocycles. The monoisotopic (exact) mass is 276 g/mol. The van der Waals surface area contributed by atoms with Crippen LogP contribution in [0.4, 0.5) is 4.39 Å². The molecule has 0 spiro atoms. The van der Waals surface area contributed by atoms with E-state index in [-0.39, 0.29) is 5.82 Å². The van der Waals surface area contributed by atoms with Crippen LogP contribution in [-0.4, -0.2) is 9.97 Å². The first kappa shape index (κ1) is 12.1. The molecule has 1 aromatic heterocycles. The summed E-state index contributed by atoms with van der Waals surface area (Å²) in [6.07, 6.45) is 0. The lowest BCUT2D eigenvalue weighted by Crippen LogP contribution is -1.86. The highest BCUT2D eigenvalue weighted by atomic mass is 19.1. The number of halogens is 1. The Kier molecular flexibility index (Phi) is 2.54. The first-order valence-electron chi connectivity index (χ1n) is 6.87. The van der Waals surface area contributed by atoms with Crippen molar-refractivity contribution in [2.75, 3.05) is 0 Å². The van der Waals surface area contributed by atoms with Crippen LogP contribution in [-0.2, 0) is 0 Å². The molecule has 0 bridgehead atoms. The van der Waals surface area contributed by atoms with Crippen LogP contribution in [0.15, 0.2) is 54.6 Å². The number of benzene rings is 3. The number of rotatable bonds is 1. The van der Waals surface area contributed by atoms with E-state index in [4.69, 9.17) is 0 Å². The Balaban J connectivity index is 2.05. The number of hydrogen-bond donors (Lipinski definition) is 1. The summed E-state index contributed by atoms with van der Waals surface area (Å²) in [6.45, 7) is 2.04. The van der Waals surface area contributed by atoms with Crippen molar-refractivity contribution in [1.82, 2.24) is 9.97 Å². The van der Waals surface area contributed by atoms with E-state index in [1.54, 1.807) is 12.1 Å². The zero-order valence-corrected chi connectivity index (χ0v) is 11.5. The van der Waals surface area contributed by atoms with E-state index in [0.29, 0.717) is 5.39 Å². The van der Waals surface area contributed by atoms with Gasteiger partial charge < -0.3 is 4.98 Å². The molecule has 3 aromatic carbocycles. The van der Waals surface area contributed by atoms with Crippen molar-refractivity contribution in [3.8, 4) is 11.4 Å². The minimum atomic E-state index is -0.207. The predicted octanol–water partition coefficient (Wildman–Crippen LogP) is 4.83. The van der Waals surface area contributed by atoms with Gasteiger partial charge in [-0.2, -0.15) is 0 Å². The molecule has 4 rings (SSSR count). The summed E-state index contributed by atoms with van der Waals surface area (Å²) in [4.78, 5) is 8.02. The molecular formula is C18H13FN2. The van der Waals surface area contributed by atoms with Gasteiger partial charge in [0.25, 0.3) is 0 Å². The second-order valence-electron chi connectivity index (χ2n) is 5.20. The molecule has 0 saturated heterocycles. The van der Waals surface area contributed by atoms with E-state index in [0.717, 1.165) is 33.4 Å². The number of aryl methyl sites for hydroxylation is 1. The summed E-state index contributed by atoms with van der Waals surface area (Å²) < 4.78 is 13.9. The normalized spacial score (nSPS) is 11.3. The van der Waals surface area contributed by atoms with Crippen molar-refractivity contribution in [2.45, 2.75) is 6.92 Å². The van der Waals surface area contributed by atoms with E-state index in [1.807, 2.05) is 43.3 Å². The second kappa shape index (κ2) is 4.42. The van der Waals surface area contributed by atoms with E-state index >= 15 is 0 Å². The van der Waals surface area contributed by atoms with E-state index in [9.17, 15) is 4.39 Å². The first-order valence-corrected chi connectivity index (χ1v) is 6.87. The molecule has 0 aliphatic rings. The molecule has 1 heterocycles. The molecule has 1 N–H and O–H groups in total. The topological polar surface area (TPSA) is 28.7 Å². The van der Waals surface area contributed by atoms with Gasteiger partial charge in [0.2, 0.25) is 0 Å². The van der Waals surface area contributed by atoms with Gasteiger partial charge in [-0.1, -0.05) is 36.4 Å². The van der Waals surface area contributed by atoms with Gasteiger partial charge in [-0.25, -0.2) is 9.37 Å². The van der Waals surface area contributed by atoms with Crippen molar-refractivity contribution >= 4 is 21.8 Å². The number of aromatic amines is 1. The third-order valence-corrected chi connectivity index (χ3v) is 3.84. The van der Waals surface area contributed by atoms with Gasteiger partial charge in [-0.3, -0.25) is 0 Å². The van der Waals surface area contributed by atoms with E-state index in [2.05, 4.69) is 9.97 Å². The molecule has 0 fully saturated rings. The standard InChI is InChI=1S/C18H13FN2/c1-11-5-4-8-16-17(11)21-18(20-16)14-9-10-15(19)13-7-3-2-6-12(13)14/h2-10H,1H3,(H,20,21). The van der Waals surface area contributed by atoms with Gasteiger partial charge in [0, 0.05) is 10.9 Å². The fraction of sp³-hybridized carbons (Fsp3) is 0.0556. The third-order valence-electron chi connectivity index (χ3n) is 3.84. The first-order chi connectivity index (χ1) is 10.2. The zero-order chi connectivity index (χ0) is 14.4. The Morgan fingerprint density at radius 2 is 1.71 bits per heavy atom. The summed E-state index contributed by atoms with van der Waals surface area (Å²) in [7, 11) is 0. The maximum absolute atomic E-state index is 13.9. The maximum atomic E-state index is 13.9. The van der Waals surface area contributed by atoms with Gasteiger partial charge >= 0.3 is 0 Å².